The Kier molecular flexibility index (Phi) is 6.07. The molecule has 7 nitrogen and oxygen atoms in total. The lowest BCUT2D eigenvalue weighted by atomic mass is 9.88. The van der Waals surface area contributed by atoms with Crippen LogP contribution in [0.1, 0.15) is 45.7 Å². The number of nitrogens with one attached hydrogen (secondary N) is 1. The normalized spacial score (nSPS) is 23.0. The molecule has 0 bridgehead atoms. The number of aryl methyl sites for hydroxylation is 1. The predicted octanol–water partition coefficient (Wildman–Crippen LogP) is 2.77. The minimum absolute atomic E-state index is 0.00759. The first kappa shape index (κ1) is 20.1. The maximum atomic E-state index is 13.0. The monoisotopic (exact) mass is 406 g/mol. The zero-order valence-electron chi connectivity index (χ0n) is 17.1. The molecule has 2 aliphatic heterocycles. The van der Waals surface area contributed by atoms with E-state index in [1.165, 1.54) is 6.33 Å². The molecule has 7 heteroatoms. The number of rotatable bonds is 1. The van der Waals surface area contributed by atoms with Crippen LogP contribution in [0.15, 0.2) is 48.9 Å². The lowest BCUT2D eigenvalue weighted by Crippen LogP contribution is -2.52. The van der Waals surface area contributed by atoms with Crippen LogP contribution in [0, 0.1) is 12.8 Å². The first-order valence-electron chi connectivity index (χ1n) is 10.4. The van der Waals surface area contributed by atoms with E-state index >= 15 is 0 Å². The highest BCUT2D eigenvalue weighted by Crippen LogP contribution is 2.25. The second-order valence-electron chi connectivity index (χ2n) is 7.74. The van der Waals surface area contributed by atoms with Gasteiger partial charge in [-0.3, -0.25) is 9.59 Å². The molecule has 1 saturated heterocycles. The van der Waals surface area contributed by atoms with Crippen LogP contribution in [0.3, 0.4) is 0 Å². The molecule has 0 saturated carbocycles. The number of allylic oxidation sites excluding steroid dienone is 1. The number of hydrogen-bond acceptors (Lipinski definition) is 5. The fraction of sp³-hybridized carbons (Fsp3) is 0.391. The van der Waals surface area contributed by atoms with Crippen LogP contribution in [-0.2, 0) is 0 Å². The number of piperidine rings is 1. The van der Waals surface area contributed by atoms with Crippen molar-refractivity contribution >= 4 is 11.8 Å². The number of benzene rings is 1. The number of amides is 2. The topological polar surface area (TPSA) is 84.4 Å². The SMILES string of the molecule is Cc1ncncc1C(=O)N1CC[C@H]2NC(=O)c3ccccc3OCC/C=C/C[C@H]2C1. The number of aromatic nitrogens is 2. The van der Waals surface area contributed by atoms with Gasteiger partial charge in [0.25, 0.3) is 11.8 Å². The number of carbonyl (C=O) groups excluding carboxylic acids is 2. The van der Waals surface area contributed by atoms with E-state index in [0.717, 1.165) is 12.8 Å². The number of ether oxygens (including phenoxy) is 1. The van der Waals surface area contributed by atoms with Gasteiger partial charge in [-0.15, -0.1) is 0 Å². The highest BCUT2D eigenvalue weighted by atomic mass is 16.5. The number of likely N-dealkylation sites (tertiary alicyclic amines) is 1. The number of carbonyl (C=O) groups is 2. The third kappa shape index (κ3) is 4.35. The molecule has 0 spiro atoms. The van der Waals surface area contributed by atoms with E-state index < -0.39 is 0 Å². The molecule has 2 atom stereocenters. The van der Waals surface area contributed by atoms with E-state index in [9.17, 15) is 9.59 Å². The summed E-state index contributed by atoms with van der Waals surface area (Å²) in [7, 11) is 0. The van der Waals surface area contributed by atoms with Gasteiger partial charge in [0.05, 0.1) is 23.4 Å². The summed E-state index contributed by atoms with van der Waals surface area (Å²) in [5, 5.41) is 3.19. The van der Waals surface area contributed by atoms with Crippen molar-refractivity contribution in [2.75, 3.05) is 19.7 Å². The summed E-state index contributed by atoms with van der Waals surface area (Å²) < 4.78 is 5.80. The molecular formula is C23H26N4O3. The van der Waals surface area contributed by atoms with Crippen molar-refractivity contribution in [2.24, 2.45) is 5.92 Å². The Morgan fingerprint density at radius 3 is 3.00 bits per heavy atom. The zero-order chi connectivity index (χ0) is 20.9. The largest absolute Gasteiger partial charge is 0.492 e. The molecule has 2 amide bonds. The summed E-state index contributed by atoms with van der Waals surface area (Å²) in [4.78, 5) is 36.0. The minimum atomic E-state index is -0.128. The Morgan fingerprint density at radius 1 is 1.27 bits per heavy atom. The first-order chi connectivity index (χ1) is 14.6. The van der Waals surface area contributed by atoms with Gasteiger partial charge in [0, 0.05) is 31.2 Å². The van der Waals surface area contributed by atoms with Crippen LogP contribution < -0.4 is 10.1 Å². The summed E-state index contributed by atoms with van der Waals surface area (Å²) in [5.41, 5.74) is 1.77. The second kappa shape index (κ2) is 9.07. The predicted molar refractivity (Wildman–Crippen MR) is 112 cm³/mol. The van der Waals surface area contributed by atoms with Gasteiger partial charge in [-0.25, -0.2) is 9.97 Å². The molecule has 1 aromatic carbocycles. The maximum Gasteiger partial charge on any atom is 0.257 e. The van der Waals surface area contributed by atoms with Crippen LogP contribution in [0.5, 0.6) is 5.75 Å². The molecule has 30 heavy (non-hydrogen) atoms. The van der Waals surface area contributed by atoms with Crippen molar-refractivity contribution in [2.45, 2.75) is 32.2 Å². The lowest BCUT2D eigenvalue weighted by Gasteiger charge is -2.39. The first-order valence-corrected chi connectivity index (χ1v) is 10.4. The average Bonchev–Trinajstić information content (AvgIpc) is 2.76. The minimum Gasteiger partial charge on any atom is -0.492 e. The third-order valence-corrected chi connectivity index (χ3v) is 5.76. The zero-order valence-corrected chi connectivity index (χ0v) is 17.1. The third-order valence-electron chi connectivity index (χ3n) is 5.76. The lowest BCUT2D eigenvalue weighted by molar-refractivity contribution is 0.0618. The van der Waals surface area contributed by atoms with E-state index in [-0.39, 0.29) is 23.8 Å². The Labute approximate surface area is 176 Å². The van der Waals surface area contributed by atoms with Gasteiger partial charge in [0.1, 0.15) is 12.1 Å². The van der Waals surface area contributed by atoms with Crippen LogP contribution in [0.4, 0.5) is 0 Å². The number of para-hydroxylation sites is 1. The number of nitrogens with zero attached hydrogens (tertiary/aromatic N) is 3. The number of fused-ring (bicyclic) bond motifs is 2. The molecule has 1 N–H and O–H groups in total. The fourth-order valence-electron chi connectivity index (χ4n) is 4.07. The van der Waals surface area contributed by atoms with Gasteiger partial charge in [-0.1, -0.05) is 24.3 Å². The summed E-state index contributed by atoms with van der Waals surface area (Å²) in [6.45, 7) is 3.50. The highest BCUT2D eigenvalue weighted by molar-refractivity contribution is 5.97. The van der Waals surface area contributed by atoms with E-state index in [1.807, 2.05) is 30.0 Å². The standard InChI is InChI=1S/C23H26N4O3/c1-16-19(13-24-15-25-16)23(29)27-11-10-20-17(14-27)7-3-2-6-12-30-21-9-5-4-8-18(21)22(28)26-20/h2-5,8-9,13,15,17,20H,6-7,10-12,14H2,1H3,(H,26,28)/b3-2+/t17-,20+/m0/s1. The van der Waals surface area contributed by atoms with E-state index in [0.29, 0.717) is 48.7 Å². The fourth-order valence-corrected chi connectivity index (χ4v) is 4.07. The molecule has 1 aromatic heterocycles. The van der Waals surface area contributed by atoms with Gasteiger partial charge in [-0.2, -0.15) is 0 Å². The molecule has 0 aliphatic carbocycles. The summed E-state index contributed by atoms with van der Waals surface area (Å²) in [6.07, 6.45) is 9.54. The van der Waals surface area contributed by atoms with Crippen molar-refractivity contribution < 1.29 is 14.3 Å². The van der Waals surface area contributed by atoms with Crippen LogP contribution >= 0.6 is 0 Å². The highest BCUT2D eigenvalue weighted by Gasteiger charge is 2.33. The van der Waals surface area contributed by atoms with E-state index in [4.69, 9.17) is 4.74 Å². The van der Waals surface area contributed by atoms with Crippen molar-refractivity contribution in [3.8, 4) is 5.75 Å². The Bertz CT molecular complexity index is 959. The Morgan fingerprint density at radius 2 is 2.13 bits per heavy atom. The molecule has 1 fully saturated rings. The second-order valence-corrected chi connectivity index (χ2v) is 7.74. The molecule has 2 aromatic rings. The van der Waals surface area contributed by atoms with E-state index in [1.54, 1.807) is 12.3 Å². The molecule has 0 radical (unpaired) electrons. The van der Waals surface area contributed by atoms with Crippen molar-refractivity contribution in [1.82, 2.24) is 20.2 Å². The van der Waals surface area contributed by atoms with Gasteiger partial charge in [0.15, 0.2) is 0 Å². The van der Waals surface area contributed by atoms with Crippen molar-refractivity contribution in [3.63, 3.8) is 0 Å². The van der Waals surface area contributed by atoms with Crippen molar-refractivity contribution in [3.05, 3.63) is 65.8 Å². The smallest absolute Gasteiger partial charge is 0.257 e. The summed E-state index contributed by atoms with van der Waals surface area (Å²) >= 11 is 0. The molecular weight excluding hydrogens is 380 g/mol. The number of hydrogen-bond donors (Lipinski definition) is 1. The molecule has 156 valence electrons. The van der Waals surface area contributed by atoms with Crippen molar-refractivity contribution in [1.29, 1.82) is 0 Å². The summed E-state index contributed by atoms with van der Waals surface area (Å²) in [6, 6.07) is 7.32. The molecule has 2 aliphatic rings. The maximum absolute atomic E-state index is 13.0. The Hall–Kier alpha value is -3.22. The molecule has 0 unspecified atom stereocenters. The summed E-state index contributed by atoms with van der Waals surface area (Å²) in [5.74, 6) is 0.567. The van der Waals surface area contributed by atoms with E-state index in [2.05, 4.69) is 27.4 Å². The van der Waals surface area contributed by atoms with Gasteiger partial charge in [-0.05, 0) is 38.3 Å². The Balaban J connectivity index is 1.54. The average molecular weight is 406 g/mol. The van der Waals surface area contributed by atoms with Gasteiger partial charge in [0.2, 0.25) is 0 Å². The van der Waals surface area contributed by atoms with Gasteiger partial charge >= 0.3 is 0 Å². The molecule has 4 rings (SSSR count). The van der Waals surface area contributed by atoms with Gasteiger partial charge < -0.3 is 15.0 Å². The quantitative estimate of drug-likeness (QED) is 0.736. The van der Waals surface area contributed by atoms with Crippen LogP contribution in [0.25, 0.3) is 0 Å². The van der Waals surface area contributed by atoms with Crippen LogP contribution in [-0.4, -0.2) is 52.4 Å². The molecule has 3 heterocycles. The van der Waals surface area contributed by atoms with Crippen LogP contribution in [0.2, 0.25) is 0 Å².